The number of benzene rings is 1. The molecule has 0 fully saturated rings. The fourth-order valence-electron chi connectivity index (χ4n) is 2.03. The van der Waals surface area contributed by atoms with Gasteiger partial charge in [0.25, 0.3) is 0 Å². The number of rotatable bonds is 4. The normalized spacial score (nSPS) is 11.8. The van der Waals surface area contributed by atoms with Gasteiger partial charge in [0.15, 0.2) is 11.8 Å². The molecule has 0 amide bonds. The summed E-state index contributed by atoms with van der Waals surface area (Å²) in [7, 11) is 3.44. The highest BCUT2D eigenvalue weighted by atomic mass is 127. The van der Waals surface area contributed by atoms with Gasteiger partial charge in [0.05, 0.1) is 12.1 Å². The molecule has 2 N–H and O–H groups in total. The Morgan fingerprint density at radius 2 is 1.88 bits per heavy atom. The lowest BCUT2D eigenvalue weighted by Gasteiger charge is -2.13. The molecule has 1 heterocycles. The molecule has 1 aromatic carbocycles. The van der Waals surface area contributed by atoms with Crippen molar-refractivity contribution in [2.24, 2.45) is 12.0 Å². The zero-order chi connectivity index (χ0) is 17.7. The fourth-order valence-corrected chi connectivity index (χ4v) is 2.03. The monoisotopic (exact) mass is 468 g/mol. The highest BCUT2D eigenvalue weighted by molar-refractivity contribution is 14.0. The molecular formula is C15H20F3IN6. The lowest BCUT2D eigenvalue weighted by molar-refractivity contribution is -0.137. The van der Waals surface area contributed by atoms with Gasteiger partial charge in [-0.1, -0.05) is 12.1 Å². The molecule has 1 aromatic heterocycles. The topological polar surface area (TPSA) is 67.1 Å². The van der Waals surface area contributed by atoms with Crippen LogP contribution in [0.5, 0.6) is 0 Å². The molecule has 0 unspecified atom stereocenters. The second kappa shape index (κ2) is 9.02. The SMILES string of the molecule is CN=C(NCc1cccc(C(F)(F)F)c1)NCc1nnc(C)n1C.I. The Kier molecular flexibility index (Phi) is 7.64. The van der Waals surface area contributed by atoms with Gasteiger partial charge in [0, 0.05) is 20.6 Å². The zero-order valence-corrected chi connectivity index (χ0v) is 16.4. The van der Waals surface area contributed by atoms with Crippen LogP contribution in [-0.4, -0.2) is 27.8 Å². The first-order valence-corrected chi connectivity index (χ1v) is 7.26. The number of halogens is 4. The van der Waals surface area contributed by atoms with Crippen molar-refractivity contribution in [2.45, 2.75) is 26.2 Å². The van der Waals surface area contributed by atoms with Crippen LogP contribution in [0.4, 0.5) is 13.2 Å². The molecule has 138 valence electrons. The number of alkyl halides is 3. The van der Waals surface area contributed by atoms with Crippen molar-refractivity contribution >= 4 is 29.9 Å². The van der Waals surface area contributed by atoms with Gasteiger partial charge in [0.2, 0.25) is 0 Å². The maximum atomic E-state index is 12.7. The van der Waals surface area contributed by atoms with Crippen molar-refractivity contribution in [3.05, 3.63) is 47.0 Å². The lowest BCUT2D eigenvalue weighted by Crippen LogP contribution is -2.37. The van der Waals surface area contributed by atoms with Crippen molar-refractivity contribution in [2.75, 3.05) is 7.05 Å². The minimum Gasteiger partial charge on any atom is -0.352 e. The predicted octanol–water partition coefficient (Wildman–Crippen LogP) is 2.63. The molecule has 0 atom stereocenters. The van der Waals surface area contributed by atoms with E-state index in [1.807, 2.05) is 18.5 Å². The number of hydrogen-bond donors (Lipinski definition) is 2. The molecule has 0 bridgehead atoms. The minimum absolute atomic E-state index is 0. The van der Waals surface area contributed by atoms with E-state index in [4.69, 9.17) is 0 Å². The number of guanidine groups is 1. The molecule has 2 aromatic rings. The molecule has 25 heavy (non-hydrogen) atoms. The summed E-state index contributed by atoms with van der Waals surface area (Å²) in [6.07, 6.45) is -4.35. The van der Waals surface area contributed by atoms with Crippen LogP contribution in [0.15, 0.2) is 29.3 Å². The second-order valence-corrected chi connectivity index (χ2v) is 5.20. The van der Waals surface area contributed by atoms with Gasteiger partial charge in [-0.15, -0.1) is 34.2 Å². The minimum atomic E-state index is -4.35. The molecule has 10 heteroatoms. The first-order valence-electron chi connectivity index (χ1n) is 7.26. The summed E-state index contributed by atoms with van der Waals surface area (Å²) in [5, 5.41) is 14.0. The molecule has 0 saturated heterocycles. The third-order valence-corrected chi connectivity index (χ3v) is 3.53. The van der Waals surface area contributed by atoms with Crippen molar-refractivity contribution in [3.63, 3.8) is 0 Å². The summed E-state index contributed by atoms with van der Waals surface area (Å²) < 4.78 is 40.0. The Labute approximate surface area is 161 Å². The van der Waals surface area contributed by atoms with E-state index in [0.717, 1.165) is 23.8 Å². The highest BCUT2D eigenvalue weighted by Crippen LogP contribution is 2.29. The number of nitrogens with zero attached hydrogens (tertiary/aromatic N) is 4. The lowest BCUT2D eigenvalue weighted by atomic mass is 10.1. The largest absolute Gasteiger partial charge is 0.416 e. The molecule has 0 aliphatic carbocycles. The third-order valence-electron chi connectivity index (χ3n) is 3.53. The van der Waals surface area contributed by atoms with Crippen LogP contribution >= 0.6 is 24.0 Å². The van der Waals surface area contributed by atoms with E-state index in [-0.39, 0.29) is 30.5 Å². The number of aryl methyl sites for hydroxylation is 1. The van der Waals surface area contributed by atoms with Crippen LogP contribution in [-0.2, 0) is 26.3 Å². The summed E-state index contributed by atoms with van der Waals surface area (Å²) in [5.41, 5.74) is -0.151. The Bertz CT molecular complexity index is 726. The van der Waals surface area contributed by atoms with Gasteiger partial charge in [-0.2, -0.15) is 13.2 Å². The molecule has 2 rings (SSSR count). The van der Waals surface area contributed by atoms with Gasteiger partial charge < -0.3 is 15.2 Å². The molecule has 0 radical (unpaired) electrons. The second-order valence-electron chi connectivity index (χ2n) is 5.20. The summed E-state index contributed by atoms with van der Waals surface area (Å²) in [6.45, 7) is 2.47. The first-order chi connectivity index (χ1) is 11.3. The van der Waals surface area contributed by atoms with Crippen LogP contribution in [0.25, 0.3) is 0 Å². The smallest absolute Gasteiger partial charge is 0.352 e. The van der Waals surface area contributed by atoms with Crippen molar-refractivity contribution in [1.82, 2.24) is 25.4 Å². The number of aromatic nitrogens is 3. The average molecular weight is 468 g/mol. The number of aliphatic imine (C=N–C) groups is 1. The Morgan fingerprint density at radius 3 is 2.44 bits per heavy atom. The summed E-state index contributed by atoms with van der Waals surface area (Å²) in [5.74, 6) is 1.99. The predicted molar refractivity (Wildman–Crippen MR) is 99.6 cm³/mol. The van der Waals surface area contributed by atoms with Crippen molar-refractivity contribution < 1.29 is 13.2 Å². The third kappa shape index (κ3) is 5.87. The zero-order valence-electron chi connectivity index (χ0n) is 14.1. The van der Waals surface area contributed by atoms with Crippen LogP contribution in [0.1, 0.15) is 22.8 Å². The van der Waals surface area contributed by atoms with Gasteiger partial charge in [0.1, 0.15) is 5.82 Å². The molecule has 0 aliphatic heterocycles. The van der Waals surface area contributed by atoms with Gasteiger partial charge in [-0.25, -0.2) is 0 Å². The molecule has 0 saturated carbocycles. The first kappa shape index (κ1) is 21.2. The number of hydrogen-bond acceptors (Lipinski definition) is 3. The van der Waals surface area contributed by atoms with Crippen molar-refractivity contribution in [3.8, 4) is 0 Å². The van der Waals surface area contributed by atoms with Gasteiger partial charge in [-0.05, 0) is 24.6 Å². The maximum Gasteiger partial charge on any atom is 0.416 e. The highest BCUT2D eigenvalue weighted by Gasteiger charge is 2.30. The Hall–Kier alpha value is -1.85. The van der Waals surface area contributed by atoms with E-state index in [9.17, 15) is 13.2 Å². The van der Waals surface area contributed by atoms with Crippen LogP contribution in [0.2, 0.25) is 0 Å². The van der Waals surface area contributed by atoms with Gasteiger partial charge >= 0.3 is 6.18 Å². The van der Waals surface area contributed by atoms with Crippen LogP contribution < -0.4 is 10.6 Å². The van der Waals surface area contributed by atoms with E-state index in [2.05, 4.69) is 25.8 Å². The quantitative estimate of drug-likeness (QED) is 0.412. The Balaban J connectivity index is 0.00000312. The molecular weight excluding hydrogens is 448 g/mol. The van der Waals surface area contributed by atoms with Crippen LogP contribution in [0.3, 0.4) is 0 Å². The summed E-state index contributed by atoms with van der Waals surface area (Å²) >= 11 is 0. The standard InChI is InChI=1S/C15H19F3N6.HI/c1-10-22-23-13(24(10)3)9-21-14(19-2)20-8-11-5-4-6-12(7-11)15(16,17)18;/h4-7H,8-9H2,1-3H3,(H2,19,20,21);1H. The van der Waals surface area contributed by atoms with E-state index in [1.54, 1.807) is 13.1 Å². The van der Waals surface area contributed by atoms with E-state index in [1.165, 1.54) is 6.07 Å². The average Bonchev–Trinajstić information content (AvgIpc) is 2.86. The molecule has 0 aliphatic rings. The maximum absolute atomic E-state index is 12.7. The molecule has 0 spiro atoms. The summed E-state index contributed by atoms with van der Waals surface area (Å²) in [4.78, 5) is 4.04. The number of nitrogens with one attached hydrogen (secondary N) is 2. The Morgan fingerprint density at radius 1 is 1.20 bits per heavy atom. The summed E-state index contributed by atoms with van der Waals surface area (Å²) in [6, 6.07) is 5.18. The van der Waals surface area contributed by atoms with E-state index >= 15 is 0 Å². The molecule has 6 nitrogen and oxygen atoms in total. The van der Waals surface area contributed by atoms with E-state index < -0.39 is 11.7 Å². The fraction of sp³-hybridized carbons (Fsp3) is 0.400. The van der Waals surface area contributed by atoms with Crippen LogP contribution in [0, 0.1) is 6.92 Å². The van der Waals surface area contributed by atoms with Gasteiger partial charge in [-0.3, -0.25) is 4.99 Å². The van der Waals surface area contributed by atoms with E-state index in [0.29, 0.717) is 18.1 Å². The van der Waals surface area contributed by atoms with Crippen molar-refractivity contribution in [1.29, 1.82) is 0 Å².